The van der Waals surface area contributed by atoms with Crippen molar-refractivity contribution in [3.8, 4) is 11.8 Å². The minimum Gasteiger partial charge on any atom is -0.464 e. The number of benzene rings is 2. The van der Waals surface area contributed by atoms with Gasteiger partial charge in [0.25, 0.3) is 0 Å². The molecular formula is C29H36N4O3. The topological polar surface area (TPSA) is 109 Å². The molecule has 7 nitrogen and oxygen atoms in total. The van der Waals surface area contributed by atoms with Gasteiger partial charge in [-0.1, -0.05) is 55.5 Å². The van der Waals surface area contributed by atoms with E-state index in [9.17, 15) is 9.59 Å². The Morgan fingerprint density at radius 1 is 1.14 bits per heavy atom. The number of hydrogen-bond donors (Lipinski definition) is 3. The summed E-state index contributed by atoms with van der Waals surface area (Å²) in [4.78, 5) is 27.5. The smallest absolute Gasteiger partial charge is 0.328 e. The average molecular weight is 489 g/mol. The van der Waals surface area contributed by atoms with E-state index in [1.54, 1.807) is 4.90 Å². The van der Waals surface area contributed by atoms with E-state index in [-0.39, 0.29) is 24.2 Å². The van der Waals surface area contributed by atoms with Gasteiger partial charge in [0.05, 0.1) is 6.61 Å². The Morgan fingerprint density at radius 2 is 1.83 bits per heavy atom. The summed E-state index contributed by atoms with van der Waals surface area (Å²) < 4.78 is 5.44. The molecule has 0 radical (unpaired) electrons. The number of carbonyl (C=O) groups is 2. The van der Waals surface area contributed by atoms with Crippen LogP contribution in [-0.2, 0) is 20.7 Å². The summed E-state index contributed by atoms with van der Waals surface area (Å²) in [6, 6.07) is 16.7. The zero-order chi connectivity index (χ0) is 25.8. The zero-order valence-corrected chi connectivity index (χ0v) is 21.0. The van der Waals surface area contributed by atoms with Crippen molar-refractivity contribution in [2.24, 2.45) is 11.7 Å². The van der Waals surface area contributed by atoms with Gasteiger partial charge in [-0.2, -0.15) is 0 Å². The van der Waals surface area contributed by atoms with Crippen LogP contribution in [-0.4, -0.2) is 48.5 Å². The number of unbranched alkanes of at least 4 members (excludes halogenated alkanes) is 1. The Labute approximate surface area is 213 Å². The third-order valence-corrected chi connectivity index (χ3v) is 6.21. The van der Waals surface area contributed by atoms with E-state index in [1.165, 1.54) is 0 Å². The summed E-state index contributed by atoms with van der Waals surface area (Å²) >= 11 is 0. The summed E-state index contributed by atoms with van der Waals surface area (Å²) in [6.07, 6.45) is 4.12. The summed E-state index contributed by atoms with van der Waals surface area (Å²) in [5.74, 6) is 5.82. The molecule has 1 fully saturated rings. The molecule has 2 aromatic carbocycles. The lowest BCUT2D eigenvalue weighted by Crippen LogP contribution is -2.47. The molecule has 2 atom stereocenters. The number of nitrogens with two attached hydrogens (primary N) is 1. The second-order valence-electron chi connectivity index (χ2n) is 9.20. The van der Waals surface area contributed by atoms with Crippen LogP contribution in [0.5, 0.6) is 0 Å². The molecule has 7 heteroatoms. The second-order valence-corrected chi connectivity index (χ2v) is 9.20. The molecule has 1 saturated heterocycles. The maximum Gasteiger partial charge on any atom is 0.328 e. The normalized spacial score (nSPS) is 15.8. The Bertz CT molecular complexity index is 1070. The molecule has 1 heterocycles. The third kappa shape index (κ3) is 8.77. The first-order valence-corrected chi connectivity index (χ1v) is 12.7. The maximum atomic E-state index is 12.9. The van der Waals surface area contributed by atoms with Gasteiger partial charge < -0.3 is 20.7 Å². The quantitative estimate of drug-likeness (QED) is 0.165. The van der Waals surface area contributed by atoms with E-state index < -0.39 is 12.0 Å². The van der Waals surface area contributed by atoms with Gasteiger partial charge in [-0.25, -0.2) is 4.79 Å². The molecule has 0 spiro atoms. The molecule has 0 saturated carbocycles. The summed E-state index contributed by atoms with van der Waals surface area (Å²) in [5.41, 5.74) is 8.36. The third-order valence-electron chi connectivity index (χ3n) is 6.21. The van der Waals surface area contributed by atoms with Gasteiger partial charge in [0.15, 0.2) is 5.96 Å². The number of nitrogens with zero attached hydrogens (tertiary/aromatic N) is 1. The number of ether oxygens (including phenoxy) is 1. The molecule has 1 aliphatic heterocycles. The fourth-order valence-electron chi connectivity index (χ4n) is 4.20. The molecule has 2 aromatic rings. The number of nitrogens with one attached hydrogen (secondary N) is 2. The number of amides is 1. The maximum absolute atomic E-state index is 12.9. The van der Waals surface area contributed by atoms with Gasteiger partial charge in [-0.3, -0.25) is 10.2 Å². The summed E-state index contributed by atoms with van der Waals surface area (Å²) in [6.45, 7) is 3.70. The molecule has 1 amide bonds. The first kappa shape index (κ1) is 26.8. The Morgan fingerprint density at radius 3 is 2.50 bits per heavy atom. The number of piperidine rings is 1. The van der Waals surface area contributed by atoms with Crippen molar-refractivity contribution >= 4 is 17.8 Å². The van der Waals surface area contributed by atoms with E-state index in [0.29, 0.717) is 19.6 Å². The fraction of sp³-hybridized carbons (Fsp3) is 0.414. The largest absolute Gasteiger partial charge is 0.464 e. The highest BCUT2D eigenvalue weighted by Gasteiger charge is 2.27. The molecule has 0 unspecified atom stereocenters. The van der Waals surface area contributed by atoms with E-state index in [4.69, 9.17) is 15.9 Å². The Kier molecular flexibility index (Phi) is 10.4. The number of likely N-dealkylation sites (tertiary alicyclic amines) is 1. The zero-order valence-electron chi connectivity index (χ0n) is 21.0. The monoisotopic (exact) mass is 488 g/mol. The number of rotatable bonds is 9. The van der Waals surface area contributed by atoms with Gasteiger partial charge in [0, 0.05) is 37.1 Å². The van der Waals surface area contributed by atoms with E-state index in [0.717, 1.165) is 48.9 Å². The van der Waals surface area contributed by atoms with E-state index in [1.807, 2.05) is 61.5 Å². The van der Waals surface area contributed by atoms with Gasteiger partial charge in [0.1, 0.15) is 6.04 Å². The number of guanidine groups is 1. The molecule has 0 aromatic heterocycles. The van der Waals surface area contributed by atoms with Crippen molar-refractivity contribution in [2.75, 3.05) is 19.7 Å². The molecule has 36 heavy (non-hydrogen) atoms. The van der Waals surface area contributed by atoms with Crippen LogP contribution in [0.4, 0.5) is 0 Å². The number of esters is 1. The lowest BCUT2D eigenvalue weighted by molar-refractivity contribution is -0.148. The van der Waals surface area contributed by atoms with Crippen molar-refractivity contribution in [3.63, 3.8) is 0 Å². The van der Waals surface area contributed by atoms with Crippen LogP contribution >= 0.6 is 0 Å². The van der Waals surface area contributed by atoms with E-state index >= 15 is 0 Å². The minimum absolute atomic E-state index is 0.0365. The van der Waals surface area contributed by atoms with Crippen LogP contribution in [0.3, 0.4) is 0 Å². The predicted octanol–water partition coefficient (Wildman–Crippen LogP) is 3.45. The highest BCUT2D eigenvalue weighted by atomic mass is 16.5. The van der Waals surface area contributed by atoms with Crippen molar-refractivity contribution in [1.82, 2.24) is 10.2 Å². The standard InChI is InChI=1S/C29H36N4O3/c1-2-3-18-36-28(35)26(32-27(34)20-25-10-7-17-33(21-25)29(30)31)19-24-15-13-23(14-16-24)12-11-22-8-5-4-6-9-22/h4-6,8-9,13-16,25-26H,2-3,7,10,17-21H2,1H3,(H3,30,31)(H,32,34)/t25-,26+/m1/s1. The van der Waals surface area contributed by atoms with Crippen LogP contribution in [0.1, 0.15) is 55.7 Å². The van der Waals surface area contributed by atoms with Crippen LogP contribution in [0.25, 0.3) is 0 Å². The van der Waals surface area contributed by atoms with Crippen LogP contribution in [0.15, 0.2) is 54.6 Å². The summed E-state index contributed by atoms with van der Waals surface area (Å²) in [7, 11) is 0. The molecule has 3 rings (SSSR count). The molecule has 190 valence electrons. The fourth-order valence-corrected chi connectivity index (χ4v) is 4.20. The lowest BCUT2D eigenvalue weighted by atomic mass is 9.94. The molecule has 0 bridgehead atoms. The van der Waals surface area contributed by atoms with E-state index in [2.05, 4.69) is 17.2 Å². The number of hydrogen-bond acceptors (Lipinski definition) is 4. The Balaban J connectivity index is 1.63. The first-order chi connectivity index (χ1) is 17.4. The van der Waals surface area contributed by atoms with Crippen molar-refractivity contribution < 1.29 is 14.3 Å². The minimum atomic E-state index is -0.761. The van der Waals surface area contributed by atoms with Crippen LogP contribution < -0.4 is 11.1 Å². The second kappa shape index (κ2) is 13.9. The van der Waals surface area contributed by atoms with Crippen LogP contribution in [0.2, 0.25) is 0 Å². The van der Waals surface area contributed by atoms with Crippen LogP contribution in [0, 0.1) is 23.2 Å². The Hall–Kier alpha value is -3.79. The molecule has 1 aliphatic rings. The molecule has 4 N–H and O–H groups in total. The van der Waals surface area contributed by atoms with Gasteiger partial charge in [-0.05, 0) is 55.0 Å². The van der Waals surface area contributed by atoms with Crippen molar-refractivity contribution in [2.45, 2.75) is 51.5 Å². The van der Waals surface area contributed by atoms with Gasteiger partial charge in [0.2, 0.25) is 5.91 Å². The predicted molar refractivity (Wildman–Crippen MR) is 141 cm³/mol. The van der Waals surface area contributed by atoms with Crippen molar-refractivity contribution in [1.29, 1.82) is 5.41 Å². The molecular weight excluding hydrogens is 452 g/mol. The molecule has 0 aliphatic carbocycles. The SMILES string of the molecule is CCCCOC(=O)[C@H](Cc1ccc(C#Cc2ccccc2)cc1)NC(=O)C[C@H]1CCCN(C(=N)N)C1. The average Bonchev–Trinajstić information content (AvgIpc) is 2.88. The first-order valence-electron chi connectivity index (χ1n) is 12.7. The van der Waals surface area contributed by atoms with Gasteiger partial charge >= 0.3 is 5.97 Å². The summed E-state index contributed by atoms with van der Waals surface area (Å²) in [5, 5.41) is 10.6. The highest BCUT2D eigenvalue weighted by Crippen LogP contribution is 2.19. The highest BCUT2D eigenvalue weighted by molar-refractivity contribution is 5.85. The number of carbonyl (C=O) groups excluding carboxylic acids is 2. The van der Waals surface area contributed by atoms with Gasteiger partial charge in [-0.15, -0.1) is 0 Å². The van der Waals surface area contributed by atoms with Crippen molar-refractivity contribution in [3.05, 3.63) is 71.3 Å². The lowest BCUT2D eigenvalue weighted by Gasteiger charge is -2.32.